The quantitative estimate of drug-likeness (QED) is 0.284. The number of esters is 1. The highest BCUT2D eigenvalue weighted by Crippen LogP contribution is 2.47. The maximum atomic E-state index is 12.9. The Labute approximate surface area is 201 Å². The third-order valence-electron chi connectivity index (χ3n) is 6.19. The zero-order valence-electron chi connectivity index (χ0n) is 20.3. The molecule has 1 aromatic rings. The number of carbonyl (C=O) groups is 1. The van der Waals surface area contributed by atoms with Crippen LogP contribution in [0.1, 0.15) is 26.3 Å². The number of hydrogen-bond donors (Lipinski definition) is 0. The van der Waals surface area contributed by atoms with Crippen molar-refractivity contribution in [2.75, 3.05) is 14.2 Å². The number of ether oxygens (including phenoxy) is 3. The Kier molecular flexibility index (Phi) is 6.82. The van der Waals surface area contributed by atoms with Crippen LogP contribution in [0.2, 0.25) is 0 Å². The van der Waals surface area contributed by atoms with Gasteiger partial charge in [-0.05, 0) is 52.3 Å². The van der Waals surface area contributed by atoms with Gasteiger partial charge in [-0.15, -0.1) is 0 Å². The van der Waals surface area contributed by atoms with Crippen LogP contribution < -0.4 is 0 Å². The van der Waals surface area contributed by atoms with Crippen LogP contribution in [-0.4, -0.2) is 26.2 Å². The number of fused-ring (bicyclic) bond motifs is 2. The molecule has 0 spiro atoms. The smallest absolute Gasteiger partial charge is 0.359 e. The molecule has 0 saturated carbocycles. The molecule has 4 heteroatoms. The molecular formula is C30H30O4. The number of carbonyl (C=O) groups excluding carboxylic acids is 1. The van der Waals surface area contributed by atoms with E-state index in [4.69, 9.17) is 14.2 Å². The Bertz CT molecular complexity index is 1220. The lowest BCUT2D eigenvalue weighted by Gasteiger charge is -2.27. The molecule has 2 aliphatic carbocycles. The van der Waals surface area contributed by atoms with Crippen LogP contribution >= 0.6 is 0 Å². The highest BCUT2D eigenvalue weighted by molar-refractivity contribution is 5.99. The van der Waals surface area contributed by atoms with Crippen LogP contribution in [0, 0.1) is 5.92 Å². The standard InChI is InChI=1S/C30H30O4/c1-20(2)24-16-15-21(3)27-26(19-24)23(14-10-9-13-22-11-7-6-8-12-22)17-18-25-28(27)30(32-4,33-5)34-29(25)31/h6-20H,1-5H3. The van der Waals surface area contributed by atoms with Gasteiger partial charge in [0.05, 0.1) is 11.1 Å². The molecule has 174 valence electrons. The van der Waals surface area contributed by atoms with Crippen LogP contribution in [0.4, 0.5) is 0 Å². The first-order valence-electron chi connectivity index (χ1n) is 11.4. The zero-order valence-corrected chi connectivity index (χ0v) is 20.3. The number of cyclic esters (lactones) is 1. The summed E-state index contributed by atoms with van der Waals surface area (Å²) in [5.74, 6) is -1.73. The van der Waals surface area contributed by atoms with E-state index < -0.39 is 11.9 Å². The Hall–Kier alpha value is -3.47. The minimum atomic E-state index is -1.59. The van der Waals surface area contributed by atoms with Crippen LogP contribution in [0.5, 0.6) is 0 Å². The van der Waals surface area contributed by atoms with Gasteiger partial charge in [0.15, 0.2) is 0 Å². The fourth-order valence-electron chi connectivity index (χ4n) is 4.33. The second-order valence-corrected chi connectivity index (χ2v) is 8.66. The third kappa shape index (κ3) is 4.35. The molecule has 4 rings (SSSR count). The van der Waals surface area contributed by atoms with Crippen LogP contribution in [0.3, 0.4) is 0 Å². The Morgan fingerprint density at radius 3 is 2.29 bits per heavy atom. The third-order valence-corrected chi connectivity index (χ3v) is 6.19. The van der Waals surface area contributed by atoms with Gasteiger partial charge in [-0.3, -0.25) is 0 Å². The van der Waals surface area contributed by atoms with Crippen LogP contribution in [0.25, 0.3) is 6.08 Å². The predicted octanol–water partition coefficient (Wildman–Crippen LogP) is 6.39. The molecule has 4 nitrogen and oxygen atoms in total. The number of methoxy groups -OCH3 is 2. The van der Waals surface area contributed by atoms with Crippen molar-refractivity contribution < 1.29 is 19.0 Å². The molecule has 0 radical (unpaired) electrons. The highest BCUT2D eigenvalue weighted by atomic mass is 16.9. The second-order valence-electron chi connectivity index (χ2n) is 8.66. The molecule has 1 aliphatic heterocycles. The molecule has 0 unspecified atom stereocenters. The average molecular weight is 455 g/mol. The van der Waals surface area contributed by atoms with Gasteiger partial charge in [0.2, 0.25) is 0 Å². The van der Waals surface area contributed by atoms with Crippen molar-refractivity contribution in [3.05, 3.63) is 124 Å². The van der Waals surface area contributed by atoms with Gasteiger partial charge in [-0.25, -0.2) is 4.79 Å². The summed E-state index contributed by atoms with van der Waals surface area (Å²) in [5, 5.41) is 0. The molecule has 1 heterocycles. The van der Waals surface area contributed by atoms with E-state index in [2.05, 4.69) is 56.4 Å². The lowest BCUT2D eigenvalue weighted by molar-refractivity contribution is -0.307. The van der Waals surface area contributed by atoms with Crippen molar-refractivity contribution in [2.24, 2.45) is 5.92 Å². The van der Waals surface area contributed by atoms with Crippen molar-refractivity contribution in [1.82, 2.24) is 0 Å². The molecular weight excluding hydrogens is 424 g/mol. The fourth-order valence-corrected chi connectivity index (χ4v) is 4.33. The molecule has 0 aromatic heterocycles. The average Bonchev–Trinajstić information content (AvgIpc) is 2.94. The fraction of sp³-hybridized carbons (Fsp3) is 0.233. The van der Waals surface area contributed by atoms with E-state index in [0.717, 1.165) is 27.9 Å². The number of allylic oxidation sites excluding steroid dienone is 13. The first-order valence-corrected chi connectivity index (χ1v) is 11.4. The maximum absolute atomic E-state index is 12.9. The lowest BCUT2D eigenvalue weighted by Crippen LogP contribution is -2.36. The van der Waals surface area contributed by atoms with Crippen molar-refractivity contribution in [1.29, 1.82) is 0 Å². The normalized spacial score (nSPS) is 19.7. The predicted molar refractivity (Wildman–Crippen MR) is 135 cm³/mol. The summed E-state index contributed by atoms with van der Waals surface area (Å²) in [6.07, 6.45) is 18.3. The van der Waals surface area contributed by atoms with E-state index in [1.165, 1.54) is 19.8 Å². The van der Waals surface area contributed by atoms with Crippen molar-refractivity contribution >= 4 is 12.0 Å². The minimum absolute atomic E-state index is 0.329. The summed E-state index contributed by atoms with van der Waals surface area (Å²) in [6, 6.07) is 10.2. The monoisotopic (exact) mass is 454 g/mol. The van der Waals surface area contributed by atoms with Gasteiger partial charge in [0.1, 0.15) is 0 Å². The molecule has 1 aromatic carbocycles. The molecule has 1 saturated heterocycles. The van der Waals surface area contributed by atoms with E-state index >= 15 is 0 Å². The van der Waals surface area contributed by atoms with E-state index in [0.29, 0.717) is 17.1 Å². The summed E-state index contributed by atoms with van der Waals surface area (Å²) in [6.45, 7) is 6.38. The van der Waals surface area contributed by atoms with Gasteiger partial charge in [0, 0.05) is 14.2 Å². The Morgan fingerprint density at radius 2 is 1.62 bits per heavy atom. The maximum Gasteiger partial charge on any atom is 0.359 e. The van der Waals surface area contributed by atoms with Crippen molar-refractivity contribution in [3.8, 4) is 0 Å². The lowest BCUT2D eigenvalue weighted by atomic mass is 9.86. The molecule has 0 amide bonds. The van der Waals surface area contributed by atoms with E-state index in [1.807, 2.05) is 43.4 Å². The van der Waals surface area contributed by atoms with E-state index in [9.17, 15) is 4.79 Å². The first kappa shape index (κ1) is 23.7. The number of benzene rings is 1. The Balaban J connectivity index is 1.87. The van der Waals surface area contributed by atoms with E-state index in [1.54, 1.807) is 6.08 Å². The van der Waals surface area contributed by atoms with Gasteiger partial charge < -0.3 is 14.2 Å². The first-order chi connectivity index (χ1) is 16.4. The molecule has 0 atom stereocenters. The van der Waals surface area contributed by atoms with Crippen molar-refractivity contribution in [3.63, 3.8) is 0 Å². The molecule has 3 aliphatic rings. The SMILES string of the molecule is COC1(OC)OC(=O)C2=CC=C(C=CC=Cc3ccccc3)C3=CC(C(C)C)=CC=C(C)C3=C21. The molecule has 1 fully saturated rings. The van der Waals surface area contributed by atoms with Crippen LogP contribution in [0.15, 0.2) is 118 Å². The summed E-state index contributed by atoms with van der Waals surface area (Å²) in [4.78, 5) is 12.9. The van der Waals surface area contributed by atoms with Gasteiger partial charge in [0.25, 0.3) is 0 Å². The number of rotatable bonds is 6. The summed E-state index contributed by atoms with van der Waals surface area (Å²) >= 11 is 0. The summed E-state index contributed by atoms with van der Waals surface area (Å²) in [5.41, 5.74) is 7.22. The van der Waals surface area contributed by atoms with Gasteiger partial charge >= 0.3 is 11.9 Å². The zero-order chi connectivity index (χ0) is 24.3. The molecule has 0 bridgehead atoms. The minimum Gasteiger partial charge on any atom is -0.400 e. The highest BCUT2D eigenvalue weighted by Gasteiger charge is 2.52. The second kappa shape index (κ2) is 9.80. The summed E-state index contributed by atoms with van der Waals surface area (Å²) < 4.78 is 16.9. The Morgan fingerprint density at radius 1 is 0.912 bits per heavy atom. The summed E-state index contributed by atoms with van der Waals surface area (Å²) in [7, 11) is 2.97. The molecule has 0 N–H and O–H groups in total. The van der Waals surface area contributed by atoms with Crippen LogP contribution in [-0.2, 0) is 19.0 Å². The molecule has 34 heavy (non-hydrogen) atoms. The van der Waals surface area contributed by atoms with Gasteiger partial charge in [-0.1, -0.05) is 92.8 Å². The van der Waals surface area contributed by atoms with Crippen molar-refractivity contribution in [2.45, 2.75) is 26.7 Å². The largest absolute Gasteiger partial charge is 0.400 e. The van der Waals surface area contributed by atoms with E-state index in [-0.39, 0.29) is 0 Å². The number of hydrogen-bond acceptors (Lipinski definition) is 4. The topological polar surface area (TPSA) is 44.8 Å². The van der Waals surface area contributed by atoms with Gasteiger partial charge in [-0.2, -0.15) is 0 Å².